The zero-order chi connectivity index (χ0) is 13.2. The summed E-state index contributed by atoms with van der Waals surface area (Å²) in [5.41, 5.74) is 0. The first-order valence-corrected chi connectivity index (χ1v) is 7.82. The predicted molar refractivity (Wildman–Crippen MR) is 76.0 cm³/mol. The van der Waals surface area contributed by atoms with Crippen LogP contribution in [0.4, 0.5) is 4.39 Å². The molecule has 1 heterocycles. The molecule has 1 aliphatic rings. The molecule has 0 fully saturated rings. The summed E-state index contributed by atoms with van der Waals surface area (Å²) in [6.07, 6.45) is 9.80. The van der Waals surface area contributed by atoms with Crippen molar-refractivity contribution in [3.05, 3.63) is 0 Å². The molecule has 1 rings (SSSR count). The highest BCUT2D eigenvalue weighted by Gasteiger charge is 2.29. The van der Waals surface area contributed by atoms with Crippen LogP contribution in [0.15, 0.2) is 0 Å². The smallest absolute Gasteiger partial charge is 0.436 e. The fraction of sp³-hybridized carbons (Fsp3) is 0.933. The van der Waals surface area contributed by atoms with Crippen molar-refractivity contribution in [3.63, 3.8) is 0 Å². The highest BCUT2D eigenvalue weighted by Crippen LogP contribution is 2.09. The summed E-state index contributed by atoms with van der Waals surface area (Å²) in [5.74, 6) is 0. The average Bonchev–Trinajstić information content (AvgIpc) is 2.72. The third-order valence-electron chi connectivity index (χ3n) is 3.72. The van der Waals surface area contributed by atoms with Gasteiger partial charge in [-0.1, -0.05) is 39.5 Å². The second kappa shape index (κ2) is 11.9. The summed E-state index contributed by atoms with van der Waals surface area (Å²) in [6, 6.07) is 0. The van der Waals surface area contributed by atoms with Gasteiger partial charge >= 0.3 is 6.09 Å². The van der Waals surface area contributed by atoms with Crippen LogP contribution < -0.4 is 24.0 Å². The van der Waals surface area contributed by atoms with Gasteiger partial charge in [-0.2, -0.15) is 0 Å². The standard InChI is InChI=1S/C15H30FN2.HI/c1-3-5-7-9-11-17-13-14-18(15(17)16)12-10-8-6-4-2;/h3-14H2,1-2H3;1H/q+1;/p-1. The normalized spacial score (nSPS) is 15.0. The minimum atomic E-state index is 0. The summed E-state index contributed by atoms with van der Waals surface area (Å²) in [6.45, 7) is 7.98. The maximum atomic E-state index is 14.0. The Kier molecular flexibility index (Phi) is 12.0. The second-order valence-corrected chi connectivity index (χ2v) is 5.36. The predicted octanol–water partition coefficient (Wildman–Crippen LogP) is 0.805. The molecule has 114 valence electrons. The Morgan fingerprint density at radius 1 is 1.00 bits per heavy atom. The van der Waals surface area contributed by atoms with Gasteiger partial charge in [-0.25, -0.2) is 9.48 Å². The van der Waals surface area contributed by atoms with Gasteiger partial charge in [0.15, 0.2) is 0 Å². The fourth-order valence-corrected chi connectivity index (χ4v) is 2.49. The lowest BCUT2D eigenvalue weighted by Crippen LogP contribution is -3.00. The molecule has 0 aromatic rings. The Morgan fingerprint density at radius 3 is 2.26 bits per heavy atom. The highest BCUT2D eigenvalue weighted by atomic mass is 127. The SMILES string of the molecule is CCCCCCN1CC[N+](CCCCCC)=C1F.[I-]. The van der Waals surface area contributed by atoms with Crippen LogP contribution in [-0.2, 0) is 0 Å². The van der Waals surface area contributed by atoms with Crippen molar-refractivity contribution in [2.75, 3.05) is 26.2 Å². The van der Waals surface area contributed by atoms with Gasteiger partial charge in [0.05, 0.1) is 13.1 Å². The van der Waals surface area contributed by atoms with E-state index in [1.165, 1.54) is 38.5 Å². The molecule has 0 N–H and O–H groups in total. The molecule has 2 nitrogen and oxygen atoms in total. The largest absolute Gasteiger partial charge is 1.00 e. The molecule has 0 saturated carbocycles. The van der Waals surface area contributed by atoms with Crippen molar-refractivity contribution < 1.29 is 32.9 Å². The number of hydrogen-bond acceptors (Lipinski definition) is 1. The minimum Gasteiger partial charge on any atom is -1.00 e. The van der Waals surface area contributed by atoms with Crippen LogP contribution in [-0.4, -0.2) is 41.7 Å². The first-order valence-electron chi connectivity index (χ1n) is 7.82. The van der Waals surface area contributed by atoms with Crippen LogP contribution in [0, 0.1) is 0 Å². The molecule has 1 aliphatic heterocycles. The topological polar surface area (TPSA) is 6.25 Å². The summed E-state index contributed by atoms with van der Waals surface area (Å²) in [5, 5.41) is 0. The van der Waals surface area contributed by atoms with Gasteiger partial charge in [-0.15, -0.1) is 4.39 Å². The maximum Gasteiger partial charge on any atom is 0.436 e. The van der Waals surface area contributed by atoms with E-state index < -0.39 is 0 Å². The molecule has 4 heteroatoms. The molecular formula is C15H30FIN2. The maximum absolute atomic E-state index is 14.0. The van der Waals surface area contributed by atoms with Crippen LogP contribution in [0.1, 0.15) is 65.2 Å². The van der Waals surface area contributed by atoms with E-state index in [-0.39, 0.29) is 30.1 Å². The van der Waals surface area contributed by atoms with E-state index in [2.05, 4.69) is 13.8 Å². The number of rotatable bonds is 10. The molecule has 0 unspecified atom stereocenters. The highest BCUT2D eigenvalue weighted by molar-refractivity contribution is 5.68. The van der Waals surface area contributed by atoms with Crippen LogP contribution in [0.25, 0.3) is 0 Å². The van der Waals surface area contributed by atoms with Crippen molar-refractivity contribution in [2.24, 2.45) is 0 Å². The molecule has 0 saturated heterocycles. The summed E-state index contributed by atoms with van der Waals surface area (Å²) >= 11 is 0. The van der Waals surface area contributed by atoms with Crippen LogP contribution in [0.5, 0.6) is 0 Å². The molecule has 0 aliphatic carbocycles. The van der Waals surface area contributed by atoms with Crippen molar-refractivity contribution in [1.82, 2.24) is 4.90 Å². The molecule has 0 amide bonds. The van der Waals surface area contributed by atoms with E-state index in [1.54, 1.807) is 0 Å². The quantitative estimate of drug-likeness (QED) is 0.234. The Balaban J connectivity index is 0.00000324. The molecule has 0 aromatic heterocycles. The van der Waals surface area contributed by atoms with Gasteiger partial charge in [0, 0.05) is 0 Å². The molecule has 0 bridgehead atoms. The first kappa shape index (κ1) is 19.1. The monoisotopic (exact) mass is 384 g/mol. The summed E-state index contributed by atoms with van der Waals surface area (Å²) in [7, 11) is 0. The lowest BCUT2D eigenvalue weighted by molar-refractivity contribution is -0.523. The Bertz CT molecular complexity index is 257. The van der Waals surface area contributed by atoms with Gasteiger partial charge in [0.2, 0.25) is 0 Å². The zero-order valence-corrected chi connectivity index (χ0v) is 14.8. The van der Waals surface area contributed by atoms with Crippen LogP contribution in [0.3, 0.4) is 0 Å². The Morgan fingerprint density at radius 2 is 1.63 bits per heavy atom. The third kappa shape index (κ3) is 7.47. The van der Waals surface area contributed by atoms with E-state index in [4.69, 9.17) is 0 Å². The van der Waals surface area contributed by atoms with E-state index in [0.717, 1.165) is 39.0 Å². The minimum absolute atomic E-state index is 0. The van der Waals surface area contributed by atoms with Gasteiger partial charge in [-0.05, 0) is 25.7 Å². The van der Waals surface area contributed by atoms with E-state index in [1.807, 2.05) is 9.48 Å². The molecular weight excluding hydrogens is 354 g/mol. The number of unbranched alkanes of at least 4 members (excludes halogenated alkanes) is 6. The third-order valence-corrected chi connectivity index (χ3v) is 3.72. The van der Waals surface area contributed by atoms with Gasteiger partial charge in [0.1, 0.15) is 13.1 Å². The number of hydrogen-bond donors (Lipinski definition) is 0. The van der Waals surface area contributed by atoms with E-state index in [0.29, 0.717) is 0 Å². The second-order valence-electron chi connectivity index (χ2n) is 5.36. The Hall–Kier alpha value is 0.130. The number of halogens is 2. The van der Waals surface area contributed by atoms with Gasteiger partial charge < -0.3 is 24.0 Å². The van der Waals surface area contributed by atoms with Crippen LogP contribution >= 0.6 is 0 Å². The van der Waals surface area contributed by atoms with Crippen molar-refractivity contribution in [1.29, 1.82) is 0 Å². The zero-order valence-electron chi connectivity index (χ0n) is 12.6. The molecule has 19 heavy (non-hydrogen) atoms. The fourth-order valence-electron chi connectivity index (χ4n) is 2.49. The van der Waals surface area contributed by atoms with Crippen LogP contribution in [0.2, 0.25) is 0 Å². The molecule has 0 aromatic carbocycles. The lowest BCUT2D eigenvalue weighted by Gasteiger charge is -2.07. The van der Waals surface area contributed by atoms with Crippen molar-refractivity contribution in [2.45, 2.75) is 65.2 Å². The number of amidine groups is 1. The van der Waals surface area contributed by atoms with E-state index >= 15 is 0 Å². The van der Waals surface area contributed by atoms with Crippen molar-refractivity contribution >= 4 is 6.09 Å². The van der Waals surface area contributed by atoms with Gasteiger partial charge in [-0.3, -0.25) is 0 Å². The number of nitrogens with zero attached hydrogens (tertiary/aromatic N) is 2. The average molecular weight is 384 g/mol. The summed E-state index contributed by atoms with van der Waals surface area (Å²) in [4.78, 5) is 1.93. The molecule has 0 atom stereocenters. The lowest BCUT2D eigenvalue weighted by atomic mass is 10.2. The van der Waals surface area contributed by atoms with Crippen molar-refractivity contribution in [3.8, 4) is 0 Å². The first-order chi connectivity index (χ1) is 8.79. The van der Waals surface area contributed by atoms with Gasteiger partial charge in [0.25, 0.3) is 0 Å². The van der Waals surface area contributed by atoms with E-state index in [9.17, 15) is 4.39 Å². The summed E-state index contributed by atoms with van der Waals surface area (Å²) < 4.78 is 16.0. The Labute approximate surface area is 135 Å². The molecule has 0 spiro atoms. The molecule has 0 radical (unpaired) electrons.